The first-order chi connectivity index (χ1) is 17.5. The number of nitrogens with one attached hydrogen (secondary N) is 4. The van der Waals surface area contributed by atoms with Crippen LogP contribution in [0.3, 0.4) is 0 Å². The van der Waals surface area contributed by atoms with Gasteiger partial charge >= 0.3 is 5.69 Å². The maximum Gasteiger partial charge on any atom is 0.325 e. The standard InChI is InChI=1S/C27H25FN6O2/c1-16(18-8-10-21(28)11-9-18)32-26(35)22-3-2-12-29-24(22)30-14-17-4-6-19(7-5-17)20-13-23-25(31-15-20)34-27(36)33-23/h2-4,6-13,15,17,26,32,35H,1,5,14H2,(H,29,30)(H2,31,33,34,36). The van der Waals surface area contributed by atoms with Gasteiger partial charge in [0.15, 0.2) is 11.9 Å². The lowest BCUT2D eigenvalue weighted by Crippen LogP contribution is -2.22. The van der Waals surface area contributed by atoms with E-state index in [9.17, 15) is 14.3 Å². The number of aromatic nitrogens is 4. The van der Waals surface area contributed by atoms with Crippen molar-refractivity contribution in [1.82, 2.24) is 25.3 Å². The van der Waals surface area contributed by atoms with Gasteiger partial charge in [-0.05, 0) is 53.8 Å². The SMILES string of the molecule is C=C(NC(O)c1cccnc1NCC1C=CC(c2cnc3[nH]c(=O)[nH]c3c2)=CC1)c1ccc(F)cc1. The molecule has 0 saturated heterocycles. The predicted octanol–water partition coefficient (Wildman–Crippen LogP) is 4.11. The summed E-state index contributed by atoms with van der Waals surface area (Å²) in [7, 11) is 0. The van der Waals surface area contributed by atoms with Crippen molar-refractivity contribution in [1.29, 1.82) is 0 Å². The molecule has 1 aliphatic rings. The average Bonchev–Trinajstić information content (AvgIpc) is 3.27. The molecule has 1 aromatic carbocycles. The van der Waals surface area contributed by atoms with Gasteiger partial charge in [0.25, 0.3) is 0 Å². The molecule has 1 aliphatic carbocycles. The summed E-state index contributed by atoms with van der Waals surface area (Å²) in [5, 5.41) is 17.1. The normalized spacial score (nSPS) is 15.9. The van der Waals surface area contributed by atoms with Crippen LogP contribution in [0.15, 0.2) is 84.5 Å². The minimum Gasteiger partial charge on any atom is -0.369 e. The van der Waals surface area contributed by atoms with Gasteiger partial charge in [-0.25, -0.2) is 19.2 Å². The van der Waals surface area contributed by atoms with E-state index in [-0.39, 0.29) is 17.4 Å². The molecule has 182 valence electrons. The zero-order valence-corrected chi connectivity index (χ0v) is 19.3. The Morgan fingerprint density at radius 3 is 2.83 bits per heavy atom. The van der Waals surface area contributed by atoms with E-state index in [1.54, 1.807) is 36.7 Å². The topological polar surface area (TPSA) is 119 Å². The molecule has 4 aromatic rings. The number of imidazole rings is 1. The van der Waals surface area contributed by atoms with Crippen molar-refractivity contribution in [2.45, 2.75) is 12.6 Å². The van der Waals surface area contributed by atoms with Gasteiger partial charge in [-0.2, -0.15) is 0 Å². The number of hydrogen-bond donors (Lipinski definition) is 5. The van der Waals surface area contributed by atoms with E-state index in [0.29, 0.717) is 40.4 Å². The molecule has 0 saturated carbocycles. The van der Waals surface area contributed by atoms with Gasteiger partial charge in [0.1, 0.15) is 11.6 Å². The van der Waals surface area contributed by atoms with Crippen molar-refractivity contribution in [3.8, 4) is 0 Å². The van der Waals surface area contributed by atoms with Gasteiger partial charge in [-0.1, -0.05) is 36.9 Å². The van der Waals surface area contributed by atoms with Crippen LogP contribution in [0.4, 0.5) is 10.2 Å². The van der Waals surface area contributed by atoms with Crippen molar-refractivity contribution < 1.29 is 9.50 Å². The summed E-state index contributed by atoms with van der Waals surface area (Å²) in [6.07, 6.45) is 9.49. The summed E-state index contributed by atoms with van der Waals surface area (Å²) in [5.41, 5.74) is 4.65. The molecule has 8 nitrogen and oxygen atoms in total. The molecule has 0 spiro atoms. The number of hydrogen-bond acceptors (Lipinski definition) is 6. The molecule has 5 N–H and O–H groups in total. The van der Waals surface area contributed by atoms with Crippen LogP contribution in [0.25, 0.3) is 22.4 Å². The third-order valence-electron chi connectivity index (χ3n) is 6.06. The fourth-order valence-corrected chi connectivity index (χ4v) is 4.10. The smallest absolute Gasteiger partial charge is 0.325 e. The van der Waals surface area contributed by atoms with Crippen LogP contribution in [-0.4, -0.2) is 31.6 Å². The molecular weight excluding hydrogens is 459 g/mol. The Labute approximate surface area is 206 Å². The Hall–Kier alpha value is -4.50. The van der Waals surface area contributed by atoms with Crippen LogP contribution >= 0.6 is 0 Å². The molecule has 5 rings (SSSR count). The molecule has 0 bridgehead atoms. The summed E-state index contributed by atoms with van der Waals surface area (Å²) >= 11 is 0. The third-order valence-corrected chi connectivity index (χ3v) is 6.06. The van der Waals surface area contributed by atoms with Crippen LogP contribution in [0.5, 0.6) is 0 Å². The number of benzene rings is 1. The van der Waals surface area contributed by atoms with E-state index in [1.165, 1.54) is 12.1 Å². The number of pyridine rings is 2. The minimum absolute atomic E-state index is 0.228. The number of fused-ring (bicyclic) bond motifs is 1. The maximum atomic E-state index is 13.2. The number of H-pyrrole nitrogens is 2. The van der Waals surface area contributed by atoms with Crippen LogP contribution < -0.4 is 16.3 Å². The number of aliphatic hydroxyl groups is 1. The van der Waals surface area contributed by atoms with E-state index in [2.05, 4.69) is 49.3 Å². The molecule has 0 fully saturated rings. The highest BCUT2D eigenvalue weighted by atomic mass is 19.1. The Balaban J connectivity index is 1.21. The van der Waals surface area contributed by atoms with Crippen molar-refractivity contribution in [3.63, 3.8) is 0 Å². The zero-order valence-electron chi connectivity index (χ0n) is 19.3. The Bertz CT molecular complexity index is 1520. The summed E-state index contributed by atoms with van der Waals surface area (Å²) in [6, 6.07) is 11.3. The number of allylic oxidation sites excluding steroid dienone is 3. The number of anilines is 1. The van der Waals surface area contributed by atoms with Crippen molar-refractivity contribution in [2.75, 3.05) is 11.9 Å². The van der Waals surface area contributed by atoms with Crippen molar-refractivity contribution in [2.24, 2.45) is 5.92 Å². The van der Waals surface area contributed by atoms with E-state index in [1.807, 2.05) is 12.1 Å². The second-order valence-electron chi connectivity index (χ2n) is 8.57. The summed E-state index contributed by atoms with van der Waals surface area (Å²) in [4.78, 5) is 25.6. The molecule has 3 aromatic heterocycles. The highest BCUT2D eigenvalue weighted by Gasteiger charge is 2.16. The lowest BCUT2D eigenvalue weighted by Gasteiger charge is -2.21. The lowest BCUT2D eigenvalue weighted by atomic mass is 9.93. The highest BCUT2D eigenvalue weighted by molar-refractivity contribution is 5.81. The Kier molecular flexibility index (Phi) is 6.46. The van der Waals surface area contributed by atoms with Gasteiger partial charge in [-0.15, -0.1) is 0 Å². The molecule has 2 atom stereocenters. The highest BCUT2D eigenvalue weighted by Crippen LogP contribution is 2.27. The number of halogens is 1. The third kappa shape index (κ3) is 5.11. The molecule has 9 heteroatoms. The minimum atomic E-state index is -1.05. The van der Waals surface area contributed by atoms with Crippen molar-refractivity contribution in [3.05, 3.63) is 113 Å². The first kappa shape index (κ1) is 23.3. The number of aliphatic hydroxyl groups excluding tert-OH is 1. The largest absolute Gasteiger partial charge is 0.369 e. The van der Waals surface area contributed by atoms with E-state index < -0.39 is 6.23 Å². The van der Waals surface area contributed by atoms with Gasteiger partial charge in [0.05, 0.1) is 5.52 Å². The molecule has 0 aliphatic heterocycles. The number of nitrogens with zero attached hydrogens (tertiary/aromatic N) is 2. The quantitative estimate of drug-likeness (QED) is 0.240. The van der Waals surface area contributed by atoms with E-state index in [0.717, 1.165) is 17.6 Å². The van der Waals surface area contributed by atoms with Gasteiger partial charge < -0.3 is 20.7 Å². The second-order valence-corrected chi connectivity index (χ2v) is 8.57. The zero-order chi connectivity index (χ0) is 25.1. The number of aromatic amines is 2. The maximum absolute atomic E-state index is 13.2. The van der Waals surface area contributed by atoms with Crippen LogP contribution in [0, 0.1) is 11.7 Å². The summed E-state index contributed by atoms with van der Waals surface area (Å²) in [5.74, 6) is 0.463. The first-order valence-corrected chi connectivity index (χ1v) is 11.5. The fraction of sp³-hybridized carbons (Fsp3) is 0.148. The molecular formula is C27H25FN6O2. The first-order valence-electron chi connectivity index (χ1n) is 11.5. The molecule has 3 heterocycles. The van der Waals surface area contributed by atoms with Crippen molar-refractivity contribution >= 4 is 28.3 Å². The van der Waals surface area contributed by atoms with E-state index >= 15 is 0 Å². The average molecular weight is 485 g/mol. The van der Waals surface area contributed by atoms with E-state index in [4.69, 9.17) is 0 Å². The van der Waals surface area contributed by atoms with Gasteiger partial charge in [0.2, 0.25) is 0 Å². The Morgan fingerprint density at radius 1 is 1.22 bits per heavy atom. The molecule has 2 unspecified atom stereocenters. The second kappa shape index (κ2) is 10.0. The molecule has 0 radical (unpaired) electrons. The Morgan fingerprint density at radius 2 is 2.06 bits per heavy atom. The number of rotatable bonds is 8. The monoisotopic (exact) mass is 484 g/mol. The van der Waals surface area contributed by atoms with Crippen LogP contribution in [-0.2, 0) is 0 Å². The van der Waals surface area contributed by atoms with Gasteiger partial charge in [-0.3, -0.25) is 4.98 Å². The fourth-order valence-electron chi connectivity index (χ4n) is 4.10. The summed E-state index contributed by atoms with van der Waals surface area (Å²) < 4.78 is 13.2. The molecule has 0 amide bonds. The van der Waals surface area contributed by atoms with Crippen LogP contribution in [0.2, 0.25) is 0 Å². The summed E-state index contributed by atoms with van der Waals surface area (Å²) in [6.45, 7) is 4.57. The van der Waals surface area contributed by atoms with Gasteiger partial charge in [0, 0.05) is 35.8 Å². The molecule has 36 heavy (non-hydrogen) atoms. The van der Waals surface area contributed by atoms with Crippen LogP contribution in [0.1, 0.15) is 29.3 Å². The predicted molar refractivity (Wildman–Crippen MR) is 138 cm³/mol. The lowest BCUT2D eigenvalue weighted by molar-refractivity contribution is 0.160.